The number of benzene rings is 1. The number of aryl methyl sites for hydroxylation is 1. The molecule has 0 amide bonds. The maximum atomic E-state index is 12.0. The standard InChI is InChI=1S/C22H36O8S/c1-3-29-22(23)19-28-15-5-4-13-26-16-8-17-27-14-6-7-18-30-31(24,25)21-11-9-20(2)10-12-21/h9-12H,3-8,13-19H2,1-2H3. The van der Waals surface area contributed by atoms with E-state index in [0.29, 0.717) is 46.1 Å². The summed E-state index contributed by atoms with van der Waals surface area (Å²) in [5.41, 5.74) is 0.999. The van der Waals surface area contributed by atoms with E-state index in [1.54, 1.807) is 31.2 Å². The molecule has 178 valence electrons. The number of hydrogen-bond donors (Lipinski definition) is 0. The first-order chi connectivity index (χ1) is 15.0. The summed E-state index contributed by atoms with van der Waals surface area (Å²) < 4.78 is 50.1. The molecule has 8 nitrogen and oxygen atoms in total. The van der Waals surface area contributed by atoms with Crippen molar-refractivity contribution in [3.63, 3.8) is 0 Å². The quantitative estimate of drug-likeness (QED) is 0.176. The topological polar surface area (TPSA) is 97.4 Å². The third-order valence-corrected chi connectivity index (χ3v) is 5.49. The van der Waals surface area contributed by atoms with Crippen molar-refractivity contribution >= 4 is 16.1 Å². The Morgan fingerprint density at radius 2 is 1.29 bits per heavy atom. The molecule has 0 heterocycles. The average Bonchev–Trinajstić information content (AvgIpc) is 2.74. The van der Waals surface area contributed by atoms with Crippen molar-refractivity contribution in [3.05, 3.63) is 29.8 Å². The van der Waals surface area contributed by atoms with Crippen LogP contribution < -0.4 is 0 Å². The Morgan fingerprint density at radius 3 is 1.87 bits per heavy atom. The van der Waals surface area contributed by atoms with E-state index >= 15 is 0 Å². The van der Waals surface area contributed by atoms with Crippen LogP contribution in [-0.2, 0) is 38.0 Å². The Balaban J connectivity index is 1.85. The summed E-state index contributed by atoms with van der Waals surface area (Å²) in [6, 6.07) is 6.60. The summed E-state index contributed by atoms with van der Waals surface area (Å²) >= 11 is 0. The third-order valence-electron chi connectivity index (χ3n) is 4.16. The molecule has 0 spiro atoms. The fourth-order valence-corrected chi connectivity index (χ4v) is 3.42. The zero-order valence-electron chi connectivity index (χ0n) is 18.7. The van der Waals surface area contributed by atoms with Crippen LogP contribution in [0.1, 0.15) is 44.6 Å². The average molecular weight is 461 g/mol. The van der Waals surface area contributed by atoms with E-state index in [1.807, 2.05) is 6.92 Å². The van der Waals surface area contributed by atoms with E-state index in [2.05, 4.69) is 0 Å². The van der Waals surface area contributed by atoms with Gasteiger partial charge in [-0.05, 0) is 58.1 Å². The van der Waals surface area contributed by atoms with Gasteiger partial charge in [0.2, 0.25) is 0 Å². The van der Waals surface area contributed by atoms with E-state index < -0.39 is 10.1 Å². The lowest BCUT2D eigenvalue weighted by Gasteiger charge is -2.07. The Labute approximate surface area is 186 Å². The first kappa shape index (κ1) is 27.5. The lowest BCUT2D eigenvalue weighted by Crippen LogP contribution is -2.13. The van der Waals surface area contributed by atoms with Crippen LogP contribution >= 0.6 is 0 Å². The van der Waals surface area contributed by atoms with E-state index in [1.165, 1.54) is 0 Å². The fraction of sp³-hybridized carbons (Fsp3) is 0.682. The maximum absolute atomic E-state index is 12.0. The van der Waals surface area contributed by atoms with Gasteiger partial charge in [0.25, 0.3) is 10.1 Å². The number of carbonyl (C=O) groups is 1. The van der Waals surface area contributed by atoms with Gasteiger partial charge in [-0.25, -0.2) is 4.79 Å². The zero-order valence-corrected chi connectivity index (χ0v) is 19.5. The Morgan fingerprint density at radius 1 is 0.774 bits per heavy atom. The van der Waals surface area contributed by atoms with Crippen molar-refractivity contribution in [1.82, 2.24) is 0 Å². The second kappa shape index (κ2) is 17.1. The van der Waals surface area contributed by atoms with Gasteiger partial charge in [0.1, 0.15) is 6.61 Å². The summed E-state index contributed by atoms with van der Waals surface area (Å²) in [5, 5.41) is 0. The Bertz CT molecular complexity index is 688. The van der Waals surface area contributed by atoms with Gasteiger partial charge < -0.3 is 18.9 Å². The second-order valence-corrected chi connectivity index (χ2v) is 8.55. The number of unbranched alkanes of at least 4 members (excludes halogenated alkanes) is 2. The van der Waals surface area contributed by atoms with Crippen LogP contribution in [0.15, 0.2) is 29.2 Å². The fourth-order valence-electron chi connectivity index (χ4n) is 2.48. The van der Waals surface area contributed by atoms with Crippen LogP contribution in [0, 0.1) is 6.92 Å². The van der Waals surface area contributed by atoms with Crippen molar-refractivity contribution in [2.24, 2.45) is 0 Å². The predicted molar refractivity (Wildman–Crippen MR) is 116 cm³/mol. The molecule has 0 fully saturated rings. The molecule has 31 heavy (non-hydrogen) atoms. The molecule has 0 atom stereocenters. The minimum Gasteiger partial charge on any atom is -0.464 e. The van der Waals surface area contributed by atoms with E-state index in [9.17, 15) is 13.2 Å². The summed E-state index contributed by atoms with van der Waals surface area (Å²) in [7, 11) is -3.69. The molecule has 0 saturated carbocycles. The van der Waals surface area contributed by atoms with Gasteiger partial charge in [-0.3, -0.25) is 4.18 Å². The summed E-state index contributed by atoms with van der Waals surface area (Å²) in [6.07, 6.45) is 3.85. The molecule has 0 aromatic heterocycles. The first-order valence-corrected chi connectivity index (χ1v) is 12.2. The lowest BCUT2D eigenvalue weighted by molar-refractivity contribution is -0.148. The summed E-state index contributed by atoms with van der Waals surface area (Å²) in [4.78, 5) is 11.2. The molecule has 0 unspecified atom stereocenters. The van der Waals surface area contributed by atoms with Crippen LogP contribution in [0.25, 0.3) is 0 Å². The molecule has 0 saturated heterocycles. The molecule has 1 aromatic rings. The van der Waals surface area contributed by atoms with Crippen LogP contribution in [0.5, 0.6) is 0 Å². The van der Waals surface area contributed by atoms with E-state index in [0.717, 1.165) is 31.2 Å². The van der Waals surface area contributed by atoms with Crippen molar-refractivity contribution in [2.75, 3.05) is 52.9 Å². The van der Waals surface area contributed by atoms with Gasteiger partial charge in [0.15, 0.2) is 0 Å². The Hall–Kier alpha value is -1.52. The molecule has 1 aromatic carbocycles. The number of hydrogen-bond acceptors (Lipinski definition) is 8. The van der Waals surface area contributed by atoms with Crippen LogP contribution in [0.4, 0.5) is 0 Å². The first-order valence-electron chi connectivity index (χ1n) is 10.8. The largest absolute Gasteiger partial charge is 0.464 e. The lowest BCUT2D eigenvalue weighted by atomic mass is 10.2. The molecule has 0 N–H and O–H groups in total. The predicted octanol–water partition coefficient (Wildman–Crippen LogP) is 3.26. The van der Waals surface area contributed by atoms with Crippen LogP contribution in [0.3, 0.4) is 0 Å². The van der Waals surface area contributed by atoms with Gasteiger partial charge in [-0.2, -0.15) is 8.42 Å². The summed E-state index contributed by atoms with van der Waals surface area (Å²) in [5.74, 6) is -0.335. The highest BCUT2D eigenvalue weighted by atomic mass is 32.2. The minimum atomic E-state index is -3.69. The van der Waals surface area contributed by atoms with Crippen LogP contribution in [0.2, 0.25) is 0 Å². The van der Waals surface area contributed by atoms with Crippen molar-refractivity contribution in [2.45, 2.75) is 50.8 Å². The smallest absolute Gasteiger partial charge is 0.332 e. The third kappa shape index (κ3) is 14.2. The van der Waals surface area contributed by atoms with Gasteiger partial charge in [0, 0.05) is 33.0 Å². The highest BCUT2D eigenvalue weighted by Gasteiger charge is 2.14. The number of esters is 1. The normalized spacial score (nSPS) is 11.5. The van der Waals surface area contributed by atoms with E-state index in [-0.39, 0.29) is 24.1 Å². The molecule has 0 aliphatic heterocycles. The monoisotopic (exact) mass is 460 g/mol. The summed E-state index contributed by atoms with van der Waals surface area (Å²) in [6.45, 7) is 7.13. The Kier molecular flexibility index (Phi) is 15.2. The number of carbonyl (C=O) groups excluding carboxylic acids is 1. The van der Waals surface area contributed by atoms with Gasteiger partial charge in [-0.15, -0.1) is 0 Å². The number of rotatable bonds is 19. The molecule has 0 aliphatic carbocycles. The maximum Gasteiger partial charge on any atom is 0.332 e. The van der Waals surface area contributed by atoms with Gasteiger partial charge >= 0.3 is 5.97 Å². The van der Waals surface area contributed by atoms with Crippen LogP contribution in [-0.4, -0.2) is 67.2 Å². The minimum absolute atomic E-state index is 0.000715. The van der Waals surface area contributed by atoms with Crippen molar-refractivity contribution in [1.29, 1.82) is 0 Å². The molecule has 0 radical (unpaired) electrons. The van der Waals surface area contributed by atoms with E-state index in [4.69, 9.17) is 23.1 Å². The SMILES string of the molecule is CCOC(=O)COCCCCOCCCOCCCCOS(=O)(=O)c1ccc(C)cc1. The molecule has 1 rings (SSSR count). The molecule has 0 aliphatic rings. The van der Waals surface area contributed by atoms with Crippen molar-refractivity contribution in [3.8, 4) is 0 Å². The van der Waals surface area contributed by atoms with Gasteiger partial charge in [0.05, 0.1) is 18.1 Å². The molecule has 0 bridgehead atoms. The van der Waals surface area contributed by atoms with Crippen molar-refractivity contribution < 1.29 is 36.3 Å². The molecule has 9 heteroatoms. The number of ether oxygens (including phenoxy) is 4. The molecular weight excluding hydrogens is 424 g/mol. The molecular formula is C22H36O8S. The highest BCUT2D eigenvalue weighted by Crippen LogP contribution is 2.13. The highest BCUT2D eigenvalue weighted by molar-refractivity contribution is 7.86. The second-order valence-electron chi connectivity index (χ2n) is 6.94. The van der Waals surface area contributed by atoms with Gasteiger partial charge in [-0.1, -0.05) is 17.7 Å². The zero-order chi connectivity index (χ0) is 22.8.